The monoisotopic (exact) mass is 417 g/mol. The molecule has 0 spiro atoms. The van der Waals surface area contributed by atoms with Crippen LogP contribution in [0.25, 0.3) is 0 Å². The lowest BCUT2D eigenvalue weighted by Crippen LogP contribution is -2.22. The third-order valence-corrected chi connectivity index (χ3v) is 6.53. The lowest BCUT2D eigenvalue weighted by molar-refractivity contribution is -0.115. The van der Waals surface area contributed by atoms with Crippen LogP contribution < -0.4 is 10.6 Å². The van der Waals surface area contributed by atoms with Crippen molar-refractivity contribution in [3.63, 3.8) is 0 Å². The van der Waals surface area contributed by atoms with Gasteiger partial charge in [-0.05, 0) is 55.3 Å². The Morgan fingerprint density at radius 2 is 2.00 bits per heavy atom. The number of aromatic nitrogens is 1. The highest BCUT2D eigenvalue weighted by atomic mass is 35.5. The second-order valence-corrected chi connectivity index (χ2v) is 8.48. The van der Waals surface area contributed by atoms with E-state index in [1.165, 1.54) is 16.9 Å². The molecule has 4 nitrogen and oxygen atoms in total. The Bertz CT molecular complexity index is 987. The van der Waals surface area contributed by atoms with Gasteiger partial charge in [0.05, 0.1) is 16.4 Å². The van der Waals surface area contributed by atoms with Crippen molar-refractivity contribution in [3.8, 4) is 0 Å². The van der Waals surface area contributed by atoms with Gasteiger partial charge in [-0.2, -0.15) is 0 Å². The van der Waals surface area contributed by atoms with Crippen molar-refractivity contribution >= 4 is 57.1 Å². The van der Waals surface area contributed by atoms with E-state index in [9.17, 15) is 4.79 Å². The first-order valence-corrected chi connectivity index (χ1v) is 10.6. The minimum atomic E-state index is -0.0617. The van der Waals surface area contributed by atoms with Gasteiger partial charge in [0.15, 0.2) is 5.13 Å². The van der Waals surface area contributed by atoms with E-state index in [2.05, 4.69) is 11.9 Å². The summed E-state index contributed by atoms with van der Waals surface area (Å²) in [7, 11) is 0. The molecule has 1 aromatic heterocycles. The van der Waals surface area contributed by atoms with Crippen LogP contribution in [-0.2, 0) is 10.5 Å². The summed E-state index contributed by atoms with van der Waals surface area (Å²) in [5.41, 5.74) is 10.5. The molecule has 3 rings (SSSR count). The Kier molecular flexibility index (Phi) is 6.09. The molecule has 3 aromatic rings. The molecule has 27 heavy (non-hydrogen) atoms. The van der Waals surface area contributed by atoms with Gasteiger partial charge in [0.1, 0.15) is 0 Å². The largest absolute Gasteiger partial charge is 0.399 e. The van der Waals surface area contributed by atoms with Gasteiger partial charge >= 0.3 is 0 Å². The molecule has 0 atom stereocenters. The molecular formula is C20H20ClN3OS2. The second-order valence-electron chi connectivity index (χ2n) is 6.22. The summed E-state index contributed by atoms with van der Waals surface area (Å²) in [5, 5.41) is 3.28. The number of nitrogen functional groups attached to an aromatic ring is 1. The van der Waals surface area contributed by atoms with Crippen molar-refractivity contribution in [2.75, 3.05) is 10.6 Å². The standard InChI is InChI=1S/C20H20ClN3OS2/c1-12-4-6-17(8-13(12)2)24(14(3)25)20-23-16(11-27-20)10-26-19-7-5-15(22)9-18(19)21/h4-9,11H,10,22H2,1-3H3. The van der Waals surface area contributed by atoms with Crippen LogP contribution in [0.15, 0.2) is 46.7 Å². The van der Waals surface area contributed by atoms with E-state index in [1.807, 2.05) is 42.6 Å². The van der Waals surface area contributed by atoms with Crippen molar-refractivity contribution in [3.05, 3.63) is 63.6 Å². The summed E-state index contributed by atoms with van der Waals surface area (Å²) >= 11 is 9.29. The van der Waals surface area contributed by atoms with Crippen LogP contribution in [0.5, 0.6) is 0 Å². The Morgan fingerprint density at radius 1 is 1.22 bits per heavy atom. The topological polar surface area (TPSA) is 59.2 Å². The number of amides is 1. The Morgan fingerprint density at radius 3 is 2.67 bits per heavy atom. The first kappa shape index (κ1) is 19.7. The summed E-state index contributed by atoms with van der Waals surface area (Å²) < 4.78 is 0. The molecule has 0 bridgehead atoms. The Labute approximate surface area is 172 Å². The van der Waals surface area contributed by atoms with E-state index in [1.54, 1.807) is 29.7 Å². The Balaban J connectivity index is 1.79. The number of carbonyl (C=O) groups is 1. The SMILES string of the molecule is CC(=O)N(c1ccc(C)c(C)c1)c1nc(CSc2ccc(N)cc2Cl)cs1. The predicted octanol–water partition coefficient (Wildman–Crippen LogP) is 5.97. The number of thiazole rings is 1. The average Bonchev–Trinajstić information content (AvgIpc) is 3.05. The van der Waals surface area contributed by atoms with Gasteiger partial charge in [0.25, 0.3) is 0 Å². The zero-order valence-electron chi connectivity index (χ0n) is 15.3. The van der Waals surface area contributed by atoms with Gasteiger partial charge < -0.3 is 5.73 Å². The highest BCUT2D eigenvalue weighted by molar-refractivity contribution is 7.98. The molecule has 0 aliphatic rings. The van der Waals surface area contributed by atoms with Gasteiger partial charge in [0.2, 0.25) is 5.91 Å². The van der Waals surface area contributed by atoms with Crippen LogP contribution in [0.3, 0.4) is 0 Å². The van der Waals surface area contributed by atoms with E-state index in [-0.39, 0.29) is 5.91 Å². The third-order valence-electron chi connectivity index (χ3n) is 4.13. The zero-order chi connectivity index (χ0) is 19.6. The maximum atomic E-state index is 12.3. The first-order valence-electron chi connectivity index (χ1n) is 8.35. The molecule has 1 amide bonds. The number of hydrogen-bond donors (Lipinski definition) is 1. The number of benzene rings is 2. The lowest BCUT2D eigenvalue weighted by Gasteiger charge is -2.19. The maximum Gasteiger partial charge on any atom is 0.230 e. The molecule has 0 radical (unpaired) electrons. The summed E-state index contributed by atoms with van der Waals surface area (Å²) in [6.45, 7) is 5.65. The van der Waals surface area contributed by atoms with Crippen LogP contribution in [0.2, 0.25) is 5.02 Å². The van der Waals surface area contributed by atoms with Gasteiger partial charge in [-0.15, -0.1) is 23.1 Å². The number of anilines is 3. The number of nitrogens with zero attached hydrogens (tertiary/aromatic N) is 2. The van der Waals surface area contributed by atoms with Crippen molar-refractivity contribution in [2.45, 2.75) is 31.4 Å². The van der Waals surface area contributed by atoms with E-state index in [0.717, 1.165) is 21.8 Å². The fourth-order valence-electron chi connectivity index (χ4n) is 2.54. The van der Waals surface area contributed by atoms with Crippen molar-refractivity contribution in [1.29, 1.82) is 0 Å². The minimum Gasteiger partial charge on any atom is -0.399 e. The quantitative estimate of drug-likeness (QED) is 0.410. The number of nitrogens with two attached hydrogens (primary N) is 1. The molecule has 7 heteroatoms. The van der Waals surface area contributed by atoms with Gasteiger partial charge in [-0.25, -0.2) is 4.98 Å². The van der Waals surface area contributed by atoms with E-state index in [0.29, 0.717) is 21.6 Å². The molecule has 1 heterocycles. The summed E-state index contributed by atoms with van der Waals surface area (Å²) in [6.07, 6.45) is 0. The van der Waals surface area contributed by atoms with E-state index in [4.69, 9.17) is 17.3 Å². The number of thioether (sulfide) groups is 1. The second kappa shape index (κ2) is 8.33. The number of carbonyl (C=O) groups excluding carboxylic acids is 1. The van der Waals surface area contributed by atoms with E-state index < -0.39 is 0 Å². The van der Waals surface area contributed by atoms with Crippen LogP contribution in [0.4, 0.5) is 16.5 Å². The molecule has 0 saturated carbocycles. The fraction of sp³-hybridized carbons (Fsp3) is 0.200. The summed E-state index contributed by atoms with van der Waals surface area (Å²) in [4.78, 5) is 19.5. The first-order chi connectivity index (χ1) is 12.8. The van der Waals surface area contributed by atoms with Crippen LogP contribution in [-0.4, -0.2) is 10.9 Å². The summed E-state index contributed by atoms with van der Waals surface area (Å²) in [6, 6.07) is 11.5. The average molecular weight is 418 g/mol. The highest BCUT2D eigenvalue weighted by Gasteiger charge is 2.18. The molecule has 2 aromatic carbocycles. The number of halogens is 1. The van der Waals surface area contributed by atoms with Gasteiger partial charge in [0, 0.05) is 28.6 Å². The molecule has 0 aliphatic carbocycles. The van der Waals surface area contributed by atoms with Gasteiger partial charge in [-0.1, -0.05) is 17.7 Å². The molecule has 140 valence electrons. The summed E-state index contributed by atoms with van der Waals surface area (Å²) in [5.74, 6) is 0.604. The molecule has 0 fully saturated rings. The van der Waals surface area contributed by atoms with Crippen molar-refractivity contribution in [2.24, 2.45) is 0 Å². The van der Waals surface area contributed by atoms with Crippen molar-refractivity contribution < 1.29 is 4.79 Å². The van der Waals surface area contributed by atoms with Crippen LogP contribution >= 0.6 is 34.7 Å². The minimum absolute atomic E-state index is 0.0617. The third kappa shape index (κ3) is 4.64. The number of rotatable bonds is 5. The van der Waals surface area contributed by atoms with Gasteiger partial charge in [-0.3, -0.25) is 9.69 Å². The maximum absolute atomic E-state index is 12.3. The fourth-order valence-corrected chi connectivity index (χ4v) is 4.70. The molecule has 2 N–H and O–H groups in total. The number of hydrogen-bond acceptors (Lipinski definition) is 5. The van der Waals surface area contributed by atoms with Crippen LogP contribution in [0.1, 0.15) is 23.7 Å². The number of aryl methyl sites for hydroxylation is 2. The molecule has 0 saturated heterocycles. The molecular weight excluding hydrogens is 398 g/mol. The smallest absolute Gasteiger partial charge is 0.230 e. The normalized spacial score (nSPS) is 10.8. The molecule has 0 aliphatic heterocycles. The van der Waals surface area contributed by atoms with Crippen LogP contribution in [0, 0.1) is 13.8 Å². The molecule has 0 unspecified atom stereocenters. The predicted molar refractivity (Wildman–Crippen MR) is 116 cm³/mol. The van der Waals surface area contributed by atoms with E-state index >= 15 is 0 Å². The lowest BCUT2D eigenvalue weighted by atomic mass is 10.1. The zero-order valence-corrected chi connectivity index (χ0v) is 17.7. The highest BCUT2D eigenvalue weighted by Crippen LogP contribution is 2.34. The van der Waals surface area contributed by atoms with Crippen molar-refractivity contribution in [1.82, 2.24) is 4.98 Å². The Hall–Kier alpha value is -2.02.